The van der Waals surface area contributed by atoms with Crippen molar-refractivity contribution in [2.24, 2.45) is 0 Å². The lowest BCUT2D eigenvalue weighted by Gasteiger charge is -2.15. The molecular formula is C27H19F3O6. The van der Waals surface area contributed by atoms with Gasteiger partial charge in [0.2, 0.25) is 0 Å². The Morgan fingerprint density at radius 1 is 1.06 bits per heavy atom. The second-order valence-corrected chi connectivity index (χ2v) is 8.04. The van der Waals surface area contributed by atoms with Gasteiger partial charge in [-0.15, -0.1) is 13.2 Å². The highest BCUT2D eigenvalue weighted by Gasteiger charge is 2.31. The monoisotopic (exact) mass is 496 g/mol. The van der Waals surface area contributed by atoms with Crippen molar-refractivity contribution in [3.63, 3.8) is 0 Å². The van der Waals surface area contributed by atoms with Crippen molar-refractivity contribution in [2.45, 2.75) is 19.7 Å². The van der Waals surface area contributed by atoms with Gasteiger partial charge >= 0.3 is 18.0 Å². The molecular weight excluding hydrogens is 477 g/mol. The molecule has 0 atom stereocenters. The smallest absolute Gasteiger partial charge is 0.508 e. The normalized spacial score (nSPS) is 11.8. The Bertz CT molecular complexity index is 1530. The number of ether oxygens (including phenoxy) is 1. The maximum atomic E-state index is 13.1. The van der Waals surface area contributed by atoms with Crippen LogP contribution in [-0.4, -0.2) is 22.5 Å². The molecule has 0 radical (unpaired) electrons. The summed E-state index contributed by atoms with van der Waals surface area (Å²) in [6.45, 7) is 1.56. The predicted molar refractivity (Wildman–Crippen MR) is 127 cm³/mol. The van der Waals surface area contributed by atoms with E-state index in [1.807, 2.05) is 0 Å². The maximum Gasteiger partial charge on any atom is 0.573 e. The largest absolute Gasteiger partial charge is 0.573 e. The number of benzene rings is 3. The number of phenolic OH excluding ortho intramolecular Hbond substituents is 1. The first-order valence-electron chi connectivity index (χ1n) is 10.7. The number of fused-ring (bicyclic) bond motifs is 1. The second kappa shape index (κ2) is 9.61. The zero-order chi connectivity index (χ0) is 26.0. The highest BCUT2D eigenvalue weighted by atomic mass is 19.4. The quantitative estimate of drug-likeness (QED) is 0.249. The molecule has 6 nitrogen and oxygen atoms in total. The first-order valence-corrected chi connectivity index (χ1v) is 10.7. The van der Waals surface area contributed by atoms with E-state index in [1.165, 1.54) is 30.3 Å². The molecule has 0 saturated heterocycles. The SMILES string of the molecule is Cc1cc(OC(F)(F)F)ccc1-c1c(Cc2ccc(/C=C/C(=O)O)cc2)c2ccc(O)cc2oc1=O. The minimum absolute atomic E-state index is 0.0937. The van der Waals surface area contributed by atoms with Gasteiger partial charge in [0.15, 0.2) is 0 Å². The summed E-state index contributed by atoms with van der Waals surface area (Å²) < 4.78 is 47.4. The Morgan fingerprint density at radius 3 is 2.42 bits per heavy atom. The summed E-state index contributed by atoms with van der Waals surface area (Å²) in [5, 5.41) is 19.2. The number of alkyl halides is 3. The number of aromatic hydroxyl groups is 1. The zero-order valence-corrected chi connectivity index (χ0v) is 18.8. The Balaban J connectivity index is 1.84. The van der Waals surface area contributed by atoms with Crippen molar-refractivity contribution in [2.75, 3.05) is 0 Å². The molecule has 4 rings (SSSR count). The highest BCUT2D eigenvalue weighted by molar-refractivity contribution is 5.89. The lowest BCUT2D eigenvalue weighted by atomic mass is 9.91. The number of aliphatic carboxylic acids is 1. The number of hydrogen-bond donors (Lipinski definition) is 2. The van der Waals surface area contributed by atoms with Crippen molar-refractivity contribution >= 4 is 23.0 Å². The van der Waals surface area contributed by atoms with Gasteiger partial charge in [0.25, 0.3) is 0 Å². The summed E-state index contributed by atoms with van der Waals surface area (Å²) >= 11 is 0. The topological polar surface area (TPSA) is 97.0 Å². The van der Waals surface area contributed by atoms with Crippen LogP contribution in [0.25, 0.3) is 28.2 Å². The number of carbonyl (C=O) groups is 1. The third kappa shape index (κ3) is 5.57. The molecule has 0 saturated carbocycles. The molecule has 2 N–H and O–H groups in total. The number of rotatable bonds is 6. The average Bonchev–Trinajstić information content (AvgIpc) is 2.78. The lowest BCUT2D eigenvalue weighted by Crippen LogP contribution is -2.17. The number of hydrogen-bond acceptors (Lipinski definition) is 5. The van der Waals surface area contributed by atoms with Crippen molar-refractivity contribution in [1.82, 2.24) is 0 Å². The number of carboxylic acids is 1. The molecule has 0 bridgehead atoms. The van der Waals surface area contributed by atoms with Gasteiger partial charge in [0, 0.05) is 17.5 Å². The first kappa shape index (κ1) is 24.6. The van der Waals surface area contributed by atoms with Gasteiger partial charge in [-0.05, 0) is 71.5 Å². The Morgan fingerprint density at radius 2 is 1.78 bits per heavy atom. The van der Waals surface area contributed by atoms with Crippen LogP contribution in [0.3, 0.4) is 0 Å². The fourth-order valence-electron chi connectivity index (χ4n) is 3.94. The molecule has 1 heterocycles. The molecule has 0 unspecified atom stereocenters. The van der Waals surface area contributed by atoms with Crippen LogP contribution < -0.4 is 10.4 Å². The number of phenols is 1. The summed E-state index contributed by atoms with van der Waals surface area (Å²) in [7, 11) is 0. The molecule has 4 aromatic rings. The number of carboxylic acid groups (broad SMARTS) is 1. The zero-order valence-electron chi connectivity index (χ0n) is 18.8. The van der Waals surface area contributed by atoms with Crippen molar-refractivity contribution in [3.05, 3.63) is 99.4 Å². The minimum atomic E-state index is -4.85. The van der Waals surface area contributed by atoms with Crippen LogP contribution >= 0.6 is 0 Å². The molecule has 3 aromatic carbocycles. The van der Waals surface area contributed by atoms with E-state index < -0.39 is 23.7 Å². The van der Waals surface area contributed by atoms with Gasteiger partial charge in [-0.25, -0.2) is 9.59 Å². The highest BCUT2D eigenvalue weighted by Crippen LogP contribution is 2.35. The van der Waals surface area contributed by atoms with E-state index in [1.54, 1.807) is 37.3 Å². The van der Waals surface area contributed by atoms with E-state index >= 15 is 0 Å². The lowest BCUT2D eigenvalue weighted by molar-refractivity contribution is -0.274. The molecule has 0 aliphatic rings. The van der Waals surface area contributed by atoms with Crippen LogP contribution in [0.4, 0.5) is 13.2 Å². The van der Waals surface area contributed by atoms with Gasteiger partial charge in [0.1, 0.15) is 17.1 Å². The standard InChI is InChI=1S/C27H19F3O6/c1-15-12-19(36-27(28,29)30)8-10-20(15)25-22(21-9-7-18(31)14-23(21)35-26(25)34)13-17-4-2-16(3-5-17)6-11-24(32)33/h2-12,14,31H,13H2,1H3,(H,32,33)/b11-6+. The van der Waals surface area contributed by atoms with Gasteiger partial charge in [-0.2, -0.15) is 0 Å². The van der Waals surface area contributed by atoms with Gasteiger partial charge in [-0.3, -0.25) is 0 Å². The number of halogens is 3. The molecule has 0 amide bonds. The molecule has 36 heavy (non-hydrogen) atoms. The molecule has 0 aliphatic heterocycles. The van der Waals surface area contributed by atoms with Gasteiger partial charge in [0.05, 0.1) is 5.56 Å². The van der Waals surface area contributed by atoms with Crippen LogP contribution in [0.1, 0.15) is 22.3 Å². The summed E-state index contributed by atoms with van der Waals surface area (Å²) in [5.41, 5.74) is 2.40. The summed E-state index contributed by atoms with van der Waals surface area (Å²) in [6, 6.07) is 15.1. The van der Waals surface area contributed by atoms with Crippen molar-refractivity contribution in [3.8, 4) is 22.6 Å². The molecule has 0 aliphatic carbocycles. The molecule has 184 valence electrons. The van der Waals surface area contributed by atoms with E-state index in [2.05, 4.69) is 4.74 Å². The van der Waals surface area contributed by atoms with E-state index in [-0.39, 0.29) is 23.3 Å². The van der Waals surface area contributed by atoms with E-state index in [9.17, 15) is 27.9 Å². The van der Waals surface area contributed by atoms with Gasteiger partial charge < -0.3 is 19.4 Å². The number of aryl methyl sites for hydroxylation is 1. The summed E-state index contributed by atoms with van der Waals surface area (Å²) in [5.74, 6) is -1.58. The molecule has 0 fully saturated rings. The third-order valence-corrected chi connectivity index (χ3v) is 5.48. The fraction of sp³-hybridized carbons (Fsp3) is 0.111. The Labute approximate surface area is 202 Å². The van der Waals surface area contributed by atoms with Crippen LogP contribution in [0.15, 0.2) is 76.0 Å². The molecule has 1 aromatic heterocycles. The van der Waals surface area contributed by atoms with Crippen LogP contribution in [0, 0.1) is 6.92 Å². The summed E-state index contributed by atoms with van der Waals surface area (Å²) in [6.07, 6.45) is -2.13. The van der Waals surface area contributed by atoms with Crippen LogP contribution in [0.5, 0.6) is 11.5 Å². The van der Waals surface area contributed by atoms with Crippen molar-refractivity contribution in [1.29, 1.82) is 0 Å². The predicted octanol–water partition coefficient (Wildman–Crippen LogP) is 6.06. The fourth-order valence-corrected chi connectivity index (χ4v) is 3.94. The molecule has 0 spiro atoms. The average molecular weight is 496 g/mol. The van der Waals surface area contributed by atoms with E-state index in [0.29, 0.717) is 27.6 Å². The summed E-state index contributed by atoms with van der Waals surface area (Å²) in [4.78, 5) is 23.8. The first-order chi connectivity index (χ1) is 17.0. The Kier molecular flexibility index (Phi) is 6.57. The van der Waals surface area contributed by atoms with Crippen molar-refractivity contribution < 1.29 is 37.3 Å². The molecule has 9 heteroatoms. The van der Waals surface area contributed by atoms with E-state index in [4.69, 9.17) is 9.52 Å². The van der Waals surface area contributed by atoms with Gasteiger partial charge in [-0.1, -0.05) is 30.3 Å². The minimum Gasteiger partial charge on any atom is -0.508 e. The Hall–Kier alpha value is -4.53. The second-order valence-electron chi connectivity index (χ2n) is 8.04. The van der Waals surface area contributed by atoms with Crippen LogP contribution in [-0.2, 0) is 11.2 Å². The van der Waals surface area contributed by atoms with E-state index in [0.717, 1.165) is 17.7 Å². The van der Waals surface area contributed by atoms with Crippen LogP contribution in [0.2, 0.25) is 0 Å². The maximum absolute atomic E-state index is 13.1. The third-order valence-electron chi connectivity index (χ3n) is 5.48.